The average molecular weight is 237 g/mol. The lowest BCUT2D eigenvalue weighted by atomic mass is 10.1. The molecule has 3 aromatic rings. The standard InChI is InChI=1S/C15H15N3/c1-10-5-3-4-6-13(10)15-14-8-7-12(16)9-18(14)11(2)17-15/h3-9H,16H2,1-2H3. The van der Waals surface area contributed by atoms with E-state index in [1.54, 1.807) is 0 Å². The molecular weight excluding hydrogens is 222 g/mol. The molecule has 0 radical (unpaired) electrons. The van der Waals surface area contributed by atoms with Crippen molar-refractivity contribution < 1.29 is 0 Å². The molecule has 0 amide bonds. The van der Waals surface area contributed by atoms with Crippen molar-refractivity contribution in [2.45, 2.75) is 13.8 Å². The SMILES string of the molecule is Cc1ccccc1-c1nc(C)n2cc(N)ccc12. The van der Waals surface area contributed by atoms with Crippen LogP contribution in [0.25, 0.3) is 16.8 Å². The fourth-order valence-corrected chi connectivity index (χ4v) is 2.29. The van der Waals surface area contributed by atoms with Crippen molar-refractivity contribution in [2.75, 3.05) is 5.73 Å². The number of imidazole rings is 1. The molecule has 0 aliphatic carbocycles. The van der Waals surface area contributed by atoms with Crippen molar-refractivity contribution in [3.8, 4) is 11.3 Å². The zero-order chi connectivity index (χ0) is 12.7. The number of aryl methyl sites for hydroxylation is 2. The van der Waals surface area contributed by atoms with Gasteiger partial charge in [0, 0.05) is 17.4 Å². The van der Waals surface area contributed by atoms with Crippen LogP contribution in [0.5, 0.6) is 0 Å². The maximum Gasteiger partial charge on any atom is 0.110 e. The maximum atomic E-state index is 5.82. The van der Waals surface area contributed by atoms with E-state index in [-0.39, 0.29) is 0 Å². The van der Waals surface area contributed by atoms with Crippen LogP contribution >= 0.6 is 0 Å². The van der Waals surface area contributed by atoms with Crippen LogP contribution in [0, 0.1) is 13.8 Å². The van der Waals surface area contributed by atoms with E-state index in [0.29, 0.717) is 0 Å². The summed E-state index contributed by atoms with van der Waals surface area (Å²) in [5.41, 5.74) is 11.1. The first-order chi connectivity index (χ1) is 8.66. The molecule has 3 rings (SSSR count). The molecule has 0 aliphatic heterocycles. The second-order valence-electron chi connectivity index (χ2n) is 4.54. The van der Waals surface area contributed by atoms with Crippen molar-refractivity contribution in [3.05, 3.63) is 54.0 Å². The molecule has 2 heterocycles. The van der Waals surface area contributed by atoms with Gasteiger partial charge in [-0.15, -0.1) is 0 Å². The molecule has 18 heavy (non-hydrogen) atoms. The first kappa shape index (κ1) is 10.8. The number of anilines is 1. The Labute approximate surface area is 106 Å². The smallest absolute Gasteiger partial charge is 0.110 e. The van der Waals surface area contributed by atoms with E-state index in [4.69, 9.17) is 5.73 Å². The predicted octanol–water partition coefficient (Wildman–Crippen LogP) is 3.20. The lowest BCUT2D eigenvalue weighted by Crippen LogP contribution is -1.91. The number of aromatic nitrogens is 2. The molecule has 0 saturated carbocycles. The average Bonchev–Trinajstić information content (AvgIpc) is 2.67. The van der Waals surface area contributed by atoms with Crippen LogP contribution in [0.15, 0.2) is 42.6 Å². The van der Waals surface area contributed by atoms with E-state index >= 15 is 0 Å². The summed E-state index contributed by atoms with van der Waals surface area (Å²) in [6.07, 6.45) is 1.92. The Balaban J connectivity index is 2.34. The first-order valence-corrected chi connectivity index (χ1v) is 5.97. The molecular formula is C15H15N3. The third kappa shape index (κ3) is 1.56. The molecule has 0 saturated heterocycles. The van der Waals surface area contributed by atoms with Crippen LogP contribution in [0.2, 0.25) is 0 Å². The molecule has 90 valence electrons. The van der Waals surface area contributed by atoms with Gasteiger partial charge in [-0.3, -0.25) is 0 Å². The Hall–Kier alpha value is -2.29. The number of hydrogen-bond donors (Lipinski definition) is 1. The second kappa shape index (κ2) is 3.88. The highest BCUT2D eigenvalue weighted by atomic mass is 15.0. The number of nitrogens with two attached hydrogens (primary N) is 1. The summed E-state index contributed by atoms with van der Waals surface area (Å²) in [6.45, 7) is 4.10. The molecule has 1 aromatic carbocycles. The number of nitrogens with zero attached hydrogens (tertiary/aromatic N) is 2. The van der Waals surface area contributed by atoms with E-state index in [1.807, 2.05) is 41.8 Å². The van der Waals surface area contributed by atoms with Gasteiger partial charge >= 0.3 is 0 Å². The topological polar surface area (TPSA) is 43.3 Å². The maximum absolute atomic E-state index is 5.82. The van der Waals surface area contributed by atoms with Gasteiger partial charge in [0.05, 0.1) is 11.2 Å². The van der Waals surface area contributed by atoms with Crippen molar-refractivity contribution in [2.24, 2.45) is 0 Å². The predicted molar refractivity (Wildman–Crippen MR) is 74.5 cm³/mol. The highest BCUT2D eigenvalue weighted by molar-refractivity contribution is 5.80. The van der Waals surface area contributed by atoms with E-state index in [1.165, 1.54) is 11.1 Å². The summed E-state index contributed by atoms with van der Waals surface area (Å²) in [4.78, 5) is 4.67. The van der Waals surface area contributed by atoms with Gasteiger partial charge in [-0.25, -0.2) is 4.98 Å². The normalized spacial score (nSPS) is 11.0. The molecule has 0 unspecified atom stereocenters. The monoisotopic (exact) mass is 237 g/mol. The largest absolute Gasteiger partial charge is 0.398 e. The Morgan fingerprint density at radius 3 is 2.61 bits per heavy atom. The third-order valence-electron chi connectivity index (χ3n) is 3.24. The quantitative estimate of drug-likeness (QED) is 0.706. The van der Waals surface area contributed by atoms with Gasteiger partial charge in [-0.1, -0.05) is 24.3 Å². The lowest BCUT2D eigenvalue weighted by Gasteiger charge is -2.03. The van der Waals surface area contributed by atoms with Gasteiger partial charge in [0.15, 0.2) is 0 Å². The Morgan fingerprint density at radius 1 is 1.06 bits per heavy atom. The second-order valence-corrected chi connectivity index (χ2v) is 4.54. The lowest BCUT2D eigenvalue weighted by molar-refractivity contribution is 1.05. The van der Waals surface area contributed by atoms with Crippen LogP contribution in [-0.2, 0) is 0 Å². The van der Waals surface area contributed by atoms with Crippen molar-refractivity contribution in [3.63, 3.8) is 0 Å². The minimum atomic E-state index is 0.749. The molecule has 0 atom stereocenters. The highest BCUT2D eigenvalue weighted by Crippen LogP contribution is 2.27. The molecule has 2 aromatic heterocycles. The zero-order valence-corrected chi connectivity index (χ0v) is 10.5. The summed E-state index contributed by atoms with van der Waals surface area (Å²) in [6, 6.07) is 12.2. The Morgan fingerprint density at radius 2 is 1.83 bits per heavy atom. The Kier molecular flexibility index (Phi) is 2.33. The summed E-state index contributed by atoms with van der Waals surface area (Å²) in [5, 5.41) is 0. The van der Waals surface area contributed by atoms with Gasteiger partial charge < -0.3 is 10.1 Å². The minimum absolute atomic E-state index is 0.749. The number of pyridine rings is 1. The zero-order valence-electron chi connectivity index (χ0n) is 10.5. The number of benzene rings is 1. The number of nitrogen functional groups attached to an aromatic ring is 1. The Bertz CT molecular complexity index is 726. The van der Waals surface area contributed by atoms with Gasteiger partial charge in [0.1, 0.15) is 5.82 Å². The summed E-state index contributed by atoms with van der Waals surface area (Å²) in [7, 11) is 0. The molecule has 3 heteroatoms. The summed E-state index contributed by atoms with van der Waals surface area (Å²) >= 11 is 0. The first-order valence-electron chi connectivity index (χ1n) is 5.97. The van der Waals surface area contributed by atoms with E-state index in [2.05, 4.69) is 24.0 Å². The van der Waals surface area contributed by atoms with E-state index in [9.17, 15) is 0 Å². The molecule has 2 N–H and O–H groups in total. The van der Waals surface area contributed by atoms with E-state index < -0.39 is 0 Å². The fraction of sp³-hybridized carbons (Fsp3) is 0.133. The summed E-state index contributed by atoms with van der Waals surface area (Å²) in [5.74, 6) is 0.954. The van der Waals surface area contributed by atoms with Crippen LogP contribution in [0.3, 0.4) is 0 Å². The van der Waals surface area contributed by atoms with Crippen molar-refractivity contribution in [1.29, 1.82) is 0 Å². The van der Waals surface area contributed by atoms with Crippen molar-refractivity contribution >= 4 is 11.2 Å². The molecule has 0 aliphatic rings. The number of rotatable bonds is 1. The number of hydrogen-bond acceptors (Lipinski definition) is 2. The molecule has 0 spiro atoms. The van der Waals surface area contributed by atoms with Crippen LogP contribution in [-0.4, -0.2) is 9.38 Å². The van der Waals surface area contributed by atoms with E-state index in [0.717, 1.165) is 22.7 Å². The van der Waals surface area contributed by atoms with Crippen molar-refractivity contribution in [1.82, 2.24) is 9.38 Å². The van der Waals surface area contributed by atoms with Crippen LogP contribution in [0.4, 0.5) is 5.69 Å². The van der Waals surface area contributed by atoms with Crippen LogP contribution < -0.4 is 5.73 Å². The third-order valence-corrected chi connectivity index (χ3v) is 3.24. The van der Waals surface area contributed by atoms with Gasteiger partial charge in [-0.05, 0) is 31.5 Å². The molecule has 3 nitrogen and oxygen atoms in total. The number of fused-ring (bicyclic) bond motifs is 1. The van der Waals surface area contributed by atoms with Gasteiger partial charge in [0.2, 0.25) is 0 Å². The van der Waals surface area contributed by atoms with Crippen LogP contribution in [0.1, 0.15) is 11.4 Å². The van der Waals surface area contributed by atoms with Gasteiger partial charge in [0.25, 0.3) is 0 Å². The summed E-state index contributed by atoms with van der Waals surface area (Å²) < 4.78 is 2.04. The molecule has 0 bridgehead atoms. The van der Waals surface area contributed by atoms with Gasteiger partial charge in [-0.2, -0.15) is 0 Å². The fourth-order valence-electron chi connectivity index (χ4n) is 2.29. The minimum Gasteiger partial charge on any atom is -0.398 e. The highest BCUT2D eigenvalue weighted by Gasteiger charge is 2.11. The molecule has 0 fully saturated rings.